The van der Waals surface area contributed by atoms with E-state index in [4.69, 9.17) is 16.6 Å². The van der Waals surface area contributed by atoms with Gasteiger partial charge in [-0.05, 0) is 82.0 Å². The van der Waals surface area contributed by atoms with Crippen LogP contribution in [-0.4, -0.2) is 26.2 Å². The van der Waals surface area contributed by atoms with Gasteiger partial charge in [-0.3, -0.25) is 14.6 Å². The summed E-state index contributed by atoms with van der Waals surface area (Å²) in [5.74, 6) is 0. The third kappa shape index (κ3) is 4.54. The van der Waals surface area contributed by atoms with E-state index in [1.165, 1.54) is 34.5 Å². The SMILES string of the molecule is CCn1ncc(CN2CCCC2c2cc(Cc3ccc(Cl)cc3)cc(C)n2)c1C. The molecular formula is C24H29ClN4. The Morgan fingerprint density at radius 2 is 1.90 bits per heavy atom. The molecule has 1 aromatic carbocycles. The number of hydrogen-bond acceptors (Lipinski definition) is 3. The normalized spacial score (nSPS) is 17.2. The fraction of sp³-hybridized carbons (Fsp3) is 0.417. The Kier molecular flexibility index (Phi) is 6.02. The van der Waals surface area contributed by atoms with Crippen LogP contribution in [0.3, 0.4) is 0 Å². The van der Waals surface area contributed by atoms with Crippen molar-refractivity contribution in [3.05, 3.63) is 81.4 Å². The van der Waals surface area contributed by atoms with Crippen LogP contribution >= 0.6 is 11.6 Å². The van der Waals surface area contributed by atoms with E-state index in [1.54, 1.807) is 0 Å². The lowest BCUT2D eigenvalue weighted by Gasteiger charge is -2.24. The van der Waals surface area contributed by atoms with Gasteiger partial charge in [-0.25, -0.2) is 0 Å². The number of aromatic nitrogens is 3. The van der Waals surface area contributed by atoms with Gasteiger partial charge in [0.05, 0.1) is 17.9 Å². The molecule has 4 rings (SSSR count). The molecule has 1 unspecified atom stereocenters. The molecule has 1 atom stereocenters. The van der Waals surface area contributed by atoms with Crippen LogP contribution in [-0.2, 0) is 19.5 Å². The fourth-order valence-electron chi connectivity index (χ4n) is 4.41. The molecule has 1 aliphatic rings. The first-order valence-corrected chi connectivity index (χ1v) is 10.9. The van der Waals surface area contributed by atoms with E-state index in [0.29, 0.717) is 6.04 Å². The summed E-state index contributed by atoms with van der Waals surface area (Å²) in [6.45, 7) is 9.39. The van der Waals surface area contributed by atoms with Gasteiger partial charge in [-0.1, -0.05) is 23.7 Å². The van der Waals surface area contributed by atoms with Crippen LogP contribution in [0.15, 0.2) is 42.6 Å². The number of aryl methyl sites for hydroxylation is 2. The highest BCUT2D eigenvalue weighted by molar-refractivity contribution is 6.30. The van der Waals surface area contributed by atoms with Gasteiger partial charge in [0.2, 0.25) is 0 Å². The van der Waals surface area contributed by atoms with E-state index in [2.05, 4.69) is 59.7 Å². The Hall–Kier alpha value is -2.17. The van der Waals surface area contributed by atoms with Crippen molar-refractivity contribution in [2.24, 2.45) is 0 Å². The Balaban J connectivity index is 1.55. The number of nitrogens with zero attached hydrogens (tertiary/aromatic N) is 4. The lowest BCUT2D eigenvalue weighted by Crippen LogP contribution is -2.24. The number of rotatable bonds is 6. The number of likely N-dealkylation sites (tertiary alicyclic amines) is 1. The minimum atomic E-state index is 0.378. The molecule has 0 saturated carbocycles. The van der Waals surface area contributed by atoms with Crippen LogP contribution in [0.1, 0.15) is 59.6 Å². The molecule has 1 saturated heterocycles. The Bertz CT molecular complexity index is 977. The van der Waals surface area contributed by atoms with Crippen molar-refractivity contribution < 1.29 is 0 Å². The summed E-state index contributed by atoms with van der Waals surface area (Å²) in [6.07, 6.45) is 5.32. The van der Waals surface area contributed by atoms with Gasteiger partial charge >= 0.3 is 0 Å². The third-order valence-corrected chi connectivity index (χ3v) is 6.19. The van der Waals surface area contributed by atoms with Gasteiger partial charge in [0, 0.05) is 35.1 Å². The zero-order chi connectivity index (χ0) is 20.4. The summed E-state index contributed by atoms with van der Waals surface area (Å²) >= 11 is 6.03. The Labute approximate surface area is 178 Å². The standard InChI is InChI=1S/C24H29ClN4/c1-4-29-18(3)21(15-26-29)16-28-11-5-6-24(28)23-14-20(12-17(2)27-23)13-19-7-9-22(25)10-8-19/h7-10,12,14-15,24H,4-6,11,13,16H2,1-3H3. The van der Waals surface area contributed by atoms with E-state index in [1.807, 2.05) is 18.3 Å². The van der Waals surface area contributed by atoms with Crippen LogP contribution in [0.25, 0.3) is 0 Å². The third-order valence-electron chi connectivity index (χ3n) is 5.94. The molecule has 0 bridgehead atoms. The van der Waals surface area contributed by atoms with Crippen LogP contribution in [0.4, 0.5) is 0 Å². The monoisotopic (exact) mass is 408 g/mol. The minimum absolute atomic E-state index is 0.378. The average molecular weight is 409 g/mol. The number of benzene rings is 1. The van der Waals surface area contributed by atoms with Gasteiger partial charge in [0.1, 0.15) is 0 Å². The largest absolute Gasteiger partial charge is 0.290 e. The predicted octanol–water partition coefficient (Wildman–Crippen LogP) is 5.50. The van der Waals surface area contributed by atoms with Crippen LogP contribution < -0.4 is 0 Å². The quantitative estimate of drug-likeness (QED) is 0.540. The Morgan fingerprint density at radius 1 is 1.10 bits per heavy atom. The van der Waals surface area contributed by atoms with E-state index in [9.17, 15) is 0 Å². The number of pyridine rings is 1. The molecule has 0 N–H and O–H groups in total. The highest BCUT2D eigenvalue weighted by Gasteiger charge is 2.28. The first kappa shape index (κ1) is 20.1. The predicted molar refractivity (Wildman–Crippen MR) is 118 cm³/mol. The first-order valence-electron chi connectivity index (χ1n) is 10.5. The van der Waals surface area contributed by atoms with Gasteiger partial charge in [0.25, 0.3) is 0 Å². The summed E-state index contributed by atoms with van der Waals surface area (Å²) in [6, 6.07) is 13.0. The maximum atomic E-state index is 6.03. The Morgan fingerprint density at radius 3 is 2.62 bits per heavy atom. The zero-order valence-corrected chi connectivity index (χ0v) is 18.3. The first-order chi connectivity index (χ1) is 14.0. The lowest BCUT2D eigenvalue weighted by atomic mass is 10.0. The molecule has 3 heterocycles. The summed E-state index contributed by atoms with van der Waals surface area (Å²) < 4.78 is 2.08. The molecule has 5 heteroatoms. The van der Waals surface area contributed by atoms with Crippen LogP contribution in [0, 0.1) is 13.8 Å². The van der Waals surface area contributed by atoms with Crippen molar-refractivity contribution in [1.29, 1.82) is 0 Å². The molecule has 1 aliphatic heterocycles. The average Bonchev–Trinajstić information content (AvgIpc) is 3.30. The molecule has 0 amide bonds. The maximum Gasteiger partial charge on any atom is 0.0581 e. The van der Waals surface area contributed by atoms with Crippen molar-refractivity contribution in [3.8, 4) is 0 Å². The lowest BCUT2D eigenvalue weighted by molar-refractivity contribution is 0.243. The van der Waals surface area contributed by atoms with Crippen molar-refractivity contribution in [2.75, 3.05) is 6.54 Å². The van der Waals surface area contributed by atoms with E-state index >= 15 is 0 Å². The highest BCUT2D eigenvalue weighted by atomic mass is 35.5. The zero-order valence-electron chi connectivity index (χ0n) is 17.5. The topological polar surface area (TPSA) is 34.0 Å². The second kappa shape index (κ2) is 8.68. The highest BCUT2D eigenvalue weighted by Crippen LogP contribution is 2.33. The van der Waals surface area contributed by atoms with Gasteiger partial charge in [0.15, 0.2) is 0 Å². The van der Waals surface area contributed by atoms with Crippen molar-refractivity contribution in [3.63, 3.8) is 0 Å². The molecule has 0 radical (unpaired) electrons. The summed E-state index contributed by atoms with van der Waals surface area (Å²) in [5.41, 5.74) is 7.49. The van der Waals surface area contributed by atoms with E-state index in [0.717, 1.165) is 43.2 Å². The molecule has 2 aromatic heterocycles. The van der Waals surface area contributed by atoms with Crippen molar-refractivity contribution in [1.82, 2.24) is 19.7 Å². The second-order valence-corrected chi connectivity index (χ2v) is 8.48. The molecule has 0 aliphatic carbocycles. The molecule has 3 aromatic rings. The van der Waals surface area contributed by atoms with Gasteiger partial charge < -0.3 is 0 Å². The molecule has 29 heavy (non-hydrogen) atoms. The van der Waals surface area contributed by atoms with E-state index < -0.39 is 0 Å². The smallest absolute Gasteiger partial charge is 0.0581 e. The minimum Gasteiger partial charge on any atom is -0.290 e. The van der Waals surface area contributed by atoms with Crippen molar-refractivity contribution >= 4 is 11.6 Å². The molecule has 0 spiro atoms. The number of halogens is 1. The molecule has 152 valence electrons. The van der Waals surface area contributed by atoms with Crippen LogP contribution in [0.2, 0.25) is 5.02 Å². The van der Waals surface area contributed by atoms with Crippen molar-refractivity contribution in [2.45, 2.75) is 59.2 Å². The summed E-state index contributed by atoms with van der Waals surface area (Å²) in [5, 5.41) is 5.30. The number of hydrogen-bond donors (Lipinski definition) is 0. The molecule has 1 fully saturated rings. The maximum absolute atomic E-state index is 6.03. The van der Waals surface area contributed by atoms with Crippen LogP contribution in [0.5, 0.6) is 0 Å². The van der Waals surface area contributed by atoms with E-state index in [-0.39, 0.29) is 0 Å². The van der Waals surface area contributed by atoms with Gasteiger partial charge in [-0.15, -0.1) is 0 Å². The second-order valence-electron chi connectivity index (χ2n) is 8.04. The molecular weight excluding hydrogens is 380 g/mol. The summed E-state index contributed by atoms with van der Waals surface area (Å²) in [4.78, 5) is 7.49. The summed E-state index contributed by atoms with van der Waals surface area (Å²) in [7, 11) is 0. The molecule has 4 nitrogen and oxygen atoms in total. The van der Waals surface area contributed by atoms with Gasteiger partial charge in [-0.2, -0.15) is 5.10 Å². The fourth-order valence-corrected chi connectivity index (χ4v) is 4.53.